The van der Waals surface area contributed by atoms with Crippen molar-refractivity contribution in [2.24, 2.45) is 0 Å². The summed E-state index contributed by atoms with van der Waals surface area (Å²) < 4.78 is 6.17. The van der Waals surface area contributed by atoms with Gasteiger partial charge >= 0.3 is 5.97 Å². The Morgan fingerprint density at radius 2 is 1.14 bits per heavy atom. The zero-order chi connectivity index (χ0) is 27.1. The molecule has 4 nitrogen and oxygen atoms in total. The van der Waals surface area contributed by atoms with Crippen LogP contribution in [0, 0.1) is 0 Å². The number of ether oxygens (including phenoxy) is 1. The highest BCUT2D eigenvalue weighted by molar-refractivity contribution is 5.96. The van der Waals surface area contributed by atoms with Crippen LogP contribution in [0.3, 0.4) is 0 Å². The highest BCUT2D eigenvalue weighted by Crippen LogP contribution is 2.42. The fourth-order valence-corrected chi connectivity index (χ4v) is 3.98. The van der Waals surface area contributed by atoms with Gasteiger partial charge in [-0.2, -0.15) is 0 Å². The number of phenolic OH excluding ortho intramolecular Hbond substituents is 1. The smallest absolute Gasteiger partial charge is 0.343 e. The Bertz CT molecular complexity index is 1140. The van der Waals surface area contributed by atoms with Crippen molar-refractivity contribution in [2.45, 2.75) is 99.3 Å². The molecule has 0 fully saturated rings. The van der Waals surface area contributed by atoms with Crippen molar-refractivity contribution in [3.63, 3.8) is 0 Å². The summed E-state index contributed by atoms with van der Waals surface area (Å²) >= 11 is 0. The summed E-state index contributed by atoms with van der Waals surface area (Å²) in [6.45, 7) is 23.7. The van der Waals surface area contributed by atoms with Gasteiger partial charge in [-0.05, 0) is 61.3 Å². The van der Waals surface area contributed by atoms with Crippen molar-refractivity contribution in [2.75, 3.05) is 0 Å². The van der Waals surface area contributed by atoms with E-state index in [-0.39, 0.29) is 27.8 Å². The summed E-state index contributed by atoms with van der Waals surface area (Å²) in [7, 11) is 0. The van der Waals surface area contributed by atoms with Gasteiger partial charge in [0.05, 0.1) is 5.56 Å². The van der Waals surface area contributed by atoms with Gasteiger partial charge in [-0.1, -0.05) is 74.0 Å². The average Bonchev–Trinajstić information content (AvgIpc) is 2.66. The molecule has 1 N–H and O–H groups in total. The van der Waals surface area contributed by atoms with Gasteiger partial charge in [-0.3, -0.25) is 4.79 Å². The van der Waals surface area contributed by atoms with Crippen molar-refractivity contribution in [1.29, 1.82) is 0 Å². The van der Waals surface area contributed by atoms with Crippen molar-refractivity contribution in [1.82, 2.24) is 0 Å². The molecule has 0 amide bonds. The first-order chi connectivity index (χ1) is 15.7. The molecule has 0 unspecified atom stereocenters. The van der Waals surface area contributed by atoms with E-state index in [2.05, 4.69) is 0 Å². The third-order valence-corrected chi connectivity index (χ3v) is 5.93. The van der Waals surface area contributed by atoms with Crippen LogP contribution in [0.4, 0.5) is 0 Å². The molecular weight excluding hydrogens is 436 g/mol. The Labute approximate surface area is 211 Å². The van der Waals surface area contributed by atoms with Gasteiger partial charge in [-0.15, -0.1) is 0 Å². The largest absolute Gasteiger partial charge is 0.507 e. The van der Waals surface area contributed by atoms with Crippen molar-refractivity contribution in [3.8, 4) is 11.5 Å². The molecule has 2 aromatic carbocycles. The van der Waals surface area contributed by atoms with E-state index in [1.165, 1.54) is 0 Å². The van der Waals surface area contributed by atoms with Crippen LogP contribution in [0.25, 0.3) is 6.08 Å². The molecule has 0 aliphatic rings. The van der Waals surface area contributed by atoms with Crippen LogP contribution in [0.1, 0.15) is 126 Å². The fraction of sp³-hybridized carbons (Fsp3) is 0.484. The molecule has 35 heavy (non-hydrogen) atoms. The molecule has 0 radical (unpaired) electrons. The van der Waals surface area contributed by atoms with Gasteiger partial charge in [0.25, 0.3) is 0 Å². The van der Waals surface area contributed by atoms with Crippen LogP contribution >= 0.6 is 0 Å². The summed E-state index contributed by atoms with van der Waals surface area (Å²) in [6, 6.07) is 7.08. The molecule has 2 aromatic rings. The van der Waals surface area contributed by atoms with Gasteiger partial charge in [0, 0.05) is 27.8 Å². The zero-order valence-electron chi connectivity index (χ0n) is 23.6. The van der Waals surface area contributed by atoms with E-state index in [0.717, 1.165) is 16.7 Å². The van der Waals surface area contributed by atoms with Gasteiger partial charge in [0.2, 0.25) is 0 Å². The van der Waals surface area contributed by atoms with Crippen molar-refractivity contribution < 1.29 is 19.4 Å². The second kappa shape index (κ2) is 9.64. The van der Waals surface area contributed by atoms with E-state index in [9.17, 15) is 14.7 Å². The lowest BCUT2D eigenvalue weighted by Crippen LogP contribution is -2.23. The lowest BCUT2D eigenvalue weighted by atomic mass is 9.78. The van der Waals surface area contributed by atoms with Crippen LogP contribution in [0.15, 0.2) is 29.8 Å². The highest BCUT2D eigenvalue weighted by atomic mass is 16.5. The maximum absolute atomic E-state index is 13.6. The van der Waals surface area contributed by atoms with E-state index in [1.807, 2.05) is 94.4 Å². The number of phenols is 1. The molecule has 0 spiro atoms. The van der Waals surface area contributed by atoms with E-state index >= 15 is 0 Å². The molecule has 0 saturated carbocycles. The molecule has 0 aromatic heterocycles. The standard InChI is InChI=1S/C31H42O4/c1-18(2)13-21-14-22(17-23(26(21)33)29(4,5)6)28(34)35-27-24(30(7,8)9)15-20(19(3)32)16-25(27)31(10,11)12/h13-17,33H,1-12H3. The predicted octanol–water partition coefficient (Wildman–Crippen LogP) is 8.13. The average molecular weight is 479 g/mol. The third-order valence-electron chi connectivity index (χ3n) is 5.93. The van der Waals surface area contributed by atoms with E-state index in [1.54, 1.807) is 19.1 Å². The Balaban J connectivity index is 2.80. The van der Waals surface area contributed by atoms with E-state index < -0.39 is 5.97 Å². The zero-order valence-corrected chi connectivity index (χ0v) is 23.6. The molecule has 0 heterocycles. The number of rotatable bonds is 4. The summed E-state index contributed by atoms with van der Waals surface area (Å²) in [4.78, 5) is 25.9. The number of aromatic hydroxyl groups is 1. The molecule has 2 rings (SSSR count). The number of benzene rings is 2. The second-order valence-corrected chi connectivity index (χ2v) is 12.8. The minimum absolute atomic E-state index is 0.0291. The van der Waals surface area contributed by atoms with Gasteiger partial charge < -0.3 is 9.84 Å². The number of carbonyl (C=O) groups excluding carboxylic acids is 2. The number of esters is 1. The molecule has 4 heteroatoms. The van der Waals surface area contributed by atoms with Crippen LogP contribution in [0.2, 0.25) is 0 Å². The lowest BCUT2D eigenvalue weighted by Gasteiger charge is -2.30. The summed E-state index contributed by atoms with van der Waals surface area (Å²) in [5, 5.41) is 10.9. The maximum Gasteiger partial charge on any atom is 0.343 e. The normalized spacial score (nSPS) is 12.3. The minimum atomic E-state index is -0.495. The first-order valence-electron chi connectivity index (χ1n) is 12.2. The summed E-state index contributed by atoms with van der Waals surface area (Å²) in [5.41, 5.74) is 3.77. The number of allylic oxidation sites excluding steroid dienone is 1. The van der Waals surface area contributed by atoms with Crippen molar-refractivity contribution >= 4 is 17.8 Å². The number of hydrogen-bond donors (Lipinski definition) is 1. The monoisotopic (exact) mass is 478 g/mol. The summed E-state index contributed by atoms with van der Waals surface area (Å²) in [6.07, 6.45) is 1.87. The Kier molecular flexibility index (Phi) is 7.81. The molecule has 0 aliphatic heterocycles. The van der Waals surface area contributed by atoms with E-state index in [4.69, 9.17) is 4.74 Å². The SMILES string of the molecule is CC(=O)c1cc(C(C)(C)C)c(OC(=O)c2cc(C=C(C)C)c(O)c(C(C)(C)C)c2)c(C(C)(C)C)c1. The molecule has 190 valence electrons. The van der Waals surface area contributed by atoms with Crippen molar-refractivity contribution in [3.05, 3.63) is 63.2 Å². The quantitative estimate of drug-likeness (QED) is 0.274. The first kappa shape index (κ1) is 28.4. The van der Waals surface area contributed by atoms with Gasteiger partial charge in [0.15, 0.2) is 5.78 Å². The molecule has 0 saturated heterocycles. The number of carbonyl (C=O) groups is 2. The van der Waals surface area contributed by atoms with Crippen LogP contribution < -0.4 is 4.74 Å². The maximum atomic E-state index is 13.6. The summed E-state index contributed by atoms with van der Waals surface area (Å²) in [5.74, 6) is 0.144. The van der Waals surface area contributed by atoms with Crippen LogP contribution in [0.5, 0.6) is 11.5 Å². The number of ketones is 1. The lowest BCUT2D eigenvalue weighted by molar-refractivity contribution is 0.0728. The minimum Gasteiger partial charge on any atom is -0.507 e. The Morgan fingerprint density at radius 1 is 0.714 bits per heavy atom. The first-order valence-corrected chi connectivity index (χ1v) is 12.2. The third kappa shape index (κ3) is 6.62. The highest BCUT2D eigenvalue weighted by Gasteiger charge is 2.31. The van der Waals surface area contributed by atoms with E-state index in [0.29, 0.717) is 28.0 Å². The Hall–Kier alpha value is -2.88. The Morgan fingerprint density at radius 3 is 1.51 bits per heavy atom. The molecule has 0 atom stereocenters. The van der Waals surface area contributed by atoms with Gasteiger partial charge in [0.1, 0.15) is 11.5 Å². The second-order valence-electron chi connectivity index (χ2n) is 12.8. The molecule has 0 bridgehead atoms. The predicted molar refractivity (Wildman–Crippen MR) is 145 cm³/mol. The van der Waals surface area contributed by atoms with Crippen LogP contribution in [-0.4, -0.2) is 16.9 Å². The number of Topliss-reactive ketones (excluding diaryl/α,β-unsaturated/α-hetero) is 1. The fourth-order valence-electron chi connectivity index (χ4n) is 3.98. The topological polar surface area (TPSA) is 63.6 Å². The van der Waals surface area contributed by atoms with Crippen LogP contribution in [-0.2, 0) is 16.2 Å². The molecular formula is C31H42O4. The molecule has 0 aliphatic carbocycles. The van der Waals surface area contributed by atoms with Gasteiger partial charge in [-0.25, -0.2) is 4.79 Å². The number of hydrogen-bond acceptors (Lipinski definition) is 4.